The van der Waals surface area contributed by atoms with Gasteiger partial charge in [0.1, 0.15) is 0 Å². The fourth-order valence-electron chi connectivity index (χ4n) is 1.62. The van der Waals surface area contributed by atoms with Crippen LogP contribution in [0.3, 0.4) is 0 Å². The molecule has 2 rings (SSSR count). The molecular weight excluding hydrogens is 296 g/mol. The summed E-state index contributed by atoms with van der Waals surface area (Å²) in [5.41, 5.74) is 1.20. The summed E-state index contributed by atoms with van der Waals surface area (Å²) in [5.74, 6) is -0.163. The lowest BCUT2D eigenvalue weighted by Gasteiger charge is -2.17. The summed E-state index contributed by atoms with van der Waals surface area (Å²) in [6, 6.07) is 13.7. The summed E-state index contributed by atoms with van der Waals surface area (Å²) in [4.78, 5) is 12.0. The molecule has 2 aromatic rings. The fourth-order valence-corrected chi connectivity index (χ4v) is 2.01. The fraction of sp³-hybridized carbons (Fsp3) is 0.0714. The number of hydrogen-bond donors (Lipinski definition) is 3. The smallest absolute Gasteiger partial charge is 0.332 e. The summed E-state index contributed by atoms with van der Waals surface area (Å²) < 4.78 is 1.22. The van der Waals surface area contributed by atoms with Crippen LogP contribution >= 0.6 is 24.4 Å². The van der Waals surface area contributed by atoms with Gasteiger partial charge in [0.2, 0.25) is 0 Å². The first-order valence-corrected chi connectivity index (χ1v) is 6.64. The van der Waals surface area contributed by atoms with Crippen LogP contribution in [0.2, 0.25) is 5.02 Å². The average molecular weight is 309 g/mol. The van der Waals surface area contributed by atoms with Gasteiger partial charge in [0.15, 0.2) is 5.75 Å². The molecule has 104 valence electrons. The normalized spacial score (nSPS) is 10.1. The Hall–Kier alpha value is -1.85. The van der Waals surface area contributed by atoms with Crippen LogP contribution in [0.25, 0.3) is 0 Å². The van der Waals surface area contributed by atoms with Crippen molar-refractivity contribution >= 4 is 36.1 Å². The van der Waals surface area contributed by atoms with Gasteiger partial charge in [0.25, 0.3) is 0 Å². The Labute approximate surface area is 127 Å². The number of para-hydroxylation sites is 1. The van der Waals surface area contributed by atoms with Gasteiger partial charge in [-0.3, -0.25) is 4.31 Å². The molecule has 0 bridgehead atoms. The number of benzene rings is 2. The monoisotopic (exact) mass is 308 g/mol. The van der Waals surface area contributed by atoms with Gasteiger partial charge in [0.05, 0.1) is 17.3 Å². The highest BCUT2D eigenvalue weighted by Gasteiger charge is 2.13. The summed E-state index contributed by atoms with van der Waals surface area (Å²) in [6.45, 7) is 0.344. The quantitative estimate of drug-likeness (QED) is 0.594. The number of nitrogens with one attached hydrogen (secondary N) is 1. The second-order valence-electron chi connectivity index (χ2n) is 4.11. The lowest BCUT2D eigenvalue weighted by Crippen LogP contribution is -2.26. The van der Waals surface area contributed by atoms with Gasteiger partial charge in [-0.1, -0.05) is 60.8 Å². The predicted octanol–water partition coefficient (Wildman–Crippen LogP) is 3.92. The van der Waals surface area contributed by atoms with Crippen molar-refractivity contribution in [2.75, 3.05) is 5.32 Å². The maximum absolute atomic E-state index is 12.0. The Kier molecular flexibility index (Phi) is 4.76. The van der Waals surface area contributed by atoms with Crippen molar-refractivity contribution in [3.05, 3.63) is 59.1 Å². The molecule has 2 aromatic carbocycles. The van der Waals surface area contributed by atoms with E-state index in [1.807, 2.05) is 30.3 Å². The van der Waals surface area contributed by atoms with Crippen molar-refractivity contribution in [1.82, 2.24) is 4.31 Å². The average Bonchev–Trinajstić information content (AvgIpc) is 2.45. The van der Waals surface area contributed by atoms with Crippen LogP contribution in [0.4, 0.5) is 10.5 Å². The van der Waals surface area contributed by atoms with Crippen LogP contribution in [0, 0.1) is 0 Å². The third-order valence-corrected chi connectivity index (χ3v) is 3.27. The lowest BCUT2D eigenvalue weighted by molar-refractivity contribution is 0.238. The summed E-state index contributed by atoms with van der Waals surface area (Å²) >= 11 is 9.91. The number of hydrogen-bond acceptors (Lipinski definition) is 3. The third kappa shape index (κ3) is 3.59. The molecule has 2 N–H and O–H groups in total. The Bertz CT molecular complexity index is 607. The number of phenols is 1. The van der Waals surface area contributed by atoms with Crippen LogP contribution in [-0.4, -0.2) is 15.4 Å². The molecule has 0 aromatic heterocycles. The number of thiol groups is 1. The molecule has 0 unspecified atom stereocenters. The van der Waals surface area contributed by atoms with E-state index in [2.05, 4.69) is 18.1 Å². The number of anilines is 1. The third-order valence-electron chi connectivity index (χ3n) is 2.64. The van der Waals surface area contributed by atoms with Crippen molar-refractivity contribution in [1.29, 1.82) is 0 Å². The van der Waals surface area contributed by atoms with E-state index in [-0.39, 0.29) is 16.5 Å². The molecule has 4 nitrogen and oxygen atoms in total. The van der Waals surface area contributed by atoms with E-state index in [1.165, 1.54) is 10.4 Å². The standard InChI is InChI=1S/C14H13ClN2O2S/c15-11-7-4-8-12(13(11)18)16-14(19)17(20)9-10-5-2-1-3-6-10/h1-8,18,20H,9H2,(H,16,19). The first-order valence-electron chi connectivity index (χ1n) is 5.86. The summed E-state index contributed by atoms with van der Waals surface area (Å²) in [6.07, 6.45) is 0. The molecular formula is C14H13ClN2O2S. The van der Waals surface area contributed by atoms with Crippen LogP contribution < -0.4 is 5.32 Å². The van der Waals surface area contributed by atoms with Crippen molar-refractivity contribution in [2.24, 2.45) is 0 Å². The van der Waals surface area contributed by atoms with Crippen LogP contribution in [0.5, 0.6) is 5.75 Å². The van der Waals surface area contributed by atoms with Crippen molar-refractivity contribution in [3.8, 4) is 5.75 Å². The zero-order valence-electron chi connectivity index (χ0n) is 10.5. The number of aromatic hydroxyl groups is 1. The number of phenolic OH excluding ortho intramolecular Hbond substituents is 1. The molecule has 0 heterocycles. The van der Waals surface area contributed by atoms with Gasteiger partial charge in [0, 0.05) is 0 Å². The van der Waals surface area contributed by atoms with E-state index >= 15 is 0 Å². The van der Waals surface area contributed by atoms with Crippen LogP contribution in [0.1, 0.15) is 5.56 Å². The van der Waals surface area contributed by atoms with Crippen LogP contribution in [-0.2, 0) is 6.54 Å². The minimum Gasteiger partial charge on any atom is -0.504 e. The van der Waals surface area contributed by atoms with Gasteiger partial charge < -0.3 is 10.4 Å². The highest BCUT2D eigenvalue weighted by atomic mass is 35.5. The molecule has 0 spiro atoms. The number of rotatable bonds is 3. The molecule has 0 saturated carbocycles. The maximum atomic E-state index is 12.0. The van der Waals surface area contributed by atoms with Gasteiger partial charge in [-0.25, -0.2) is 4.79 Å². The number of halogens is 1. The van der Waals surface area contributed by atoms with Crippen molar-refractivity contribution in [2.45, 2.75) is 6.54 Å². The molecule has 20 heavy (non-hydrogen) atoms. The minimum absolute atomic E-state index is 0.163. The molecule has 0 aliphatic heterocycles. The second-order valence-corrected chi connectivity index (χ2v) is 5.00. The first-order chi connectivity index (χ1) is 9.58. The van der Waals surface area contributed by atoms with E-state index in [1.54, 1.807) is 12.1 Å². The highest BCUT2D eigenvalue weighted by molar-refractivity contribution is 7.78. The summed E-state index contributed by atoms with van der Waals surface area (Å²) in [5, 5.41) is 12.5. The Morgan fingerprint density at radius 1 is 1.20 bits per heavy atom. The molecule has 0 saturated heterocycles. The molecule has 0 aliphatic carbocycles. The Balaban J connectivity index is 2.03. The topological polar surface area (TPSA) is 52.6 Å². The minimum atomic E-state index is -0.449. The van der Waals surface area contributed by atoms with E-state index in [9.17, 15) is 9.90 Å². The van der Waals surface area contributed by atoms with Crippen molar-refractivity contribution in [3.63, 3.8) is 0 Å². The Morgan fingerprint density at radius 2 is 1.90 bits per heavy atom. The molecule has 0 fully saturated rings. The number of amides is 2. The SMILES string of the molecule is O=C(Nc1cccc(Cl)c1O)N(S)Cc1ccccc1. The van der Waals surface area contributed by atoms with Crippen molar-refractivity contribution < 1.29 is 9.90 Å². The molecule has 0 radical (unpaired) electrons. The maximum Gasteiger partial charge on any atom is 0.332 e. The van der Waals surface area contributed by atoms with Crippen LogP contribution in [0.15, 0.2) is 48.5 Å². The highest BCUT2D eigenvalue weighted by Crippen LogP contribution is 2.31. The van der Waals surface area contributed by atoms with E-state index < -0.39 is 6.03 Å². The molecule has 6 heteroatoms. The summed E-state index contributed by atoms with van der Waals surface area (Å²) in [7, 11) is 0. The van der Waals surface area contributed by atoms with Gasteiger partial charge in [-0.05, 0) is 17.7 Å². The number of carbonyl (C=O) groups is 1. The first kappa shape index (κ1) is 14.6. The van der Waals surface area contributed by atoms with E-state index in [0.717, 1.165) is 5.56 Å². The predicted molar refractivity (Wildman–Crippen MR) is 83.1 cm³/mol. The molecule has 0 aliphatic rings. The van der Waals surface area contributed by atoms with Gasteiger partial charge >= 0.3 is 6.03 Å². The van der Waals surface area contributed by atoms with E-state index in [0.29, 0.717) is 6.54 Å². The largest absolute Gasteiger partial charge is 0.504 e. The van der Waals surface area contributed by atoms with Gasteiger partial charge in [-0.15, -0.1) is 0 Å². The molecule has 2 amide bonds. The second kappa shape index (κ2) is 6.54. The van der Waals surface area contributed by atoms with Gasteiger partial charge in [-0.2, -0.15) is 0 Å². The zero-order valence-corrected chi connectivity index (χ0v) is 12.1. The molecule has 0 atom stereocenters. The number of urea groups is 1. The lowest BCUT2D eigenvalue weighted by atomic mass is 10.2. The van der Waals surface area contributed by atoms with E-state index in [4.69, 9.17) is 11.6 Å². The zero-order chi connectivity index (χ0) is 14.5. The number of nitrogens with zero attached hydrogens (tertiary/aromatic N) is 1. The Morgan fingerprint density at radius 3 is 2.60 bits per heavy atom. The number of carbonyl (C=O) groups excluding carboxylic acids is 1.